The molecule has 1 aliphatic rings. The van der Waals surface area contributed by atoms with Crippen LogP contribution in [0.5, 0.6) is 0 Å². The van der Waals surface area contributed by atoms with Gasteiger partial charge in [0.05, 0.1) is 13.2 Å². The molecule has 1 rings (SSSR count). The summed E-state index contributed by atoms with van der Waals surface area (Å²) < 4.78 is 4.99. The predicted octanol–water partition coefficient (Wildman–Crippen LogP) is 0.372. The molecule has 2 N–H and O–H groups in total. The van der Waals surface area contributed by atoms with Crippen molar-refractivity contribution >= 4 is 0 Å². The second-order valence-electron chi connectivity index (χ2n) is 2.33. The van der Waals surface area contributed by atoms with E-state index in [1.54, 1.807) is 0 Å². The third kappa shape index (κ3) is 1.46. The van der Waals surface area contributed by atoms with Crippen LogP contribution < -0.4 is 5.73 Å². The minimum absolute atomic E-state index is 0.830. The van der Waals surface area contributed by atoms with E-state index in [9.17, 15) is 0 Å². The van der Waals surface area contributed by atoms with Gasteiger partial charge in [0.25, 0.3) is 0 Å². The lowest BCUT2D eigenvalue weighted by Gasteiger charge is -2.25. The third-order valence-electron chi connectivity index (χ3n) is 1.52. The normalized spacial score (nSPS) is 20.6. The summed E-state index contributed by atoms with van der Waals surface area (Å²) in [6.07, 6.45) is 2.42. The van der Waals surface area contributed by atoms with Crippen molar-refractivity contribution < 1.29 is 4.74 Å². The van der Waals surface area contributed by atoms with Crippen LogP contribution in [0.1, 0.15) is 12.8 Å². The van der Waals surface area contributed by atoms with Crippen molar-refractivity contribution in [2.24, 2.45) is 11.7 Å². The lowest BCUT2D eigenvalue weighted by molar-refractivity contribution is -0.0359. The van der Waals surface area contributed by atoms with Crippen molar-refractivity contribution in [1.29, 1.82) is 0 Å². The molecule has 2 heteroatoms. The molecule has 0 aliphatic carbocycles. The zero-order valence-electron chi connectivity index (χ0n) is 5.10. The van der Waals surface area contributed by atoms with Gasteiger partial charge in [-0.2, -0.15) is 0 Å². The van der Waals surface area contributed by atoms with Gasteiger partial charge >= 0.3 is 0 Å². The average Bonchev–Trinajstić information content (AvgIpc) is 1.63. The minimum atomic E-state index is 0.830. The Hall–Kier alpha value is -0.0800. The predicted molar refractivity (Wildman–Crippen MR) is 32.6 cm³/mol. The van der Waals surface area contributed by atoms with Crippen molar-refractivity contribution in [3.05, 3.63) is 0 Å². The standard InChI is InChI=1S/C6H13NO/c7-3-1-2-6-4-8-5-6/h6H,1-5,7H2. The quantitative estimate of drug-likeness (QED) is 0.576. The van der Waals surface area contributed by atoms with Gasteiger partial charge in [-0.05, 0) is 19.4 Å². The van der Waals surface area contributed by atoms with Crippen molar-refractivity contribution in [2.45, 2.75) is 12.8 Å². The van der Waals surface area contributed by atoms with Gasteiger partial charge in [0.2, 0.25) is 0 Å². The van der Waals surface area contributed by atoms with Crippen LogP contribution in [0, 0.1) is 5.92 Å². The molecule has 0 aromatic heterocycles. The molecule has 1 fully saturated rings. The van der Waals surface area contributed by atoms with Gasteiger partial charge in [-0.3, -0.25) is 0 Å². The molecule has 0 atom stereocenters. The smallest absolute Gasteiger partial charge is 0.0516 e. The summed E-state index contributed by atoms with van der Waals surface area (Å²) in [4.78, 5) is 0. The van der Waals surface area contributed by atoms with Crippen LogP contribution in [0.25, 0.3) is 0 Å². The first-order valence-electron chi connectivity index (χ1n) is 3.21. The molecule has 8 heavy (non-hydrogen) atoms. The van der Waals surface area contributed by atoms with Gasteiger partial charge in [-0.1, -0.05) is 0 Å². The molecule has 0 aromatic carbocycles. The molecular formula is C6H13NO. The lowest BCUT2D eigenvalue weighted by atomic mass is 10.0. The molecule has 0 saturated carbocycles. The molecule has 1 aliphatic heterocycles. The largest absolute Gasteiger partial charge is 0.381 e. The molecule has 2 nitrogen and oxygen atoms in total. The number of hydrogen-bond donors (Lipinski definition) is 1. The van der Waals surface area contributed by atoms with Crippen molar-refractivity contribution in [3.8, 4) is 0 Å². The monoisotopic (exact) mass is 115 g/mol. The molecule has 0 radical (unpaired) electrons. The van der Waals surface area contributed by atoms with Crippen LogP contribution in [0.15, 0.2) is 0 Å². The van der Waals surface area contributed by atoms with E-state index < -0.39 is 0 Å². The molecule has 1 heterocycles. The highest BCUT2D eigenvalue weighted by atomic mass is 16.5. The minimum Gasteiger partial charge on any atom is -0.381 e. The van der Waals surface area contributed by atoms with E-state index in [2.05, 4.69) is 0 Å². The maximum absolute atomic E-state index is 5.31. The van der Waals surface area contributed by atoms with Gasteiger partial charge in [-0.15, -0.1) is 0 Å². The maximum atomic E-state index is 5.31. The Kier molecular flexibility index (Phi) is 2.30. The first-order chi connectivity index (χ1) is 3.93. The summed E-state index contributed by atoms with van der Waals surface area (Å²) in [5.41, 5.74) is 5.31. The SMILES string of the molecule is NCCCC1COC1. The second kappa shape index (κ2) is 3.05. The maximum Gasteiger partial charge on any atom is 0.0516 e. The third-order valence-corrected chi connectivity index (χ3v) is 1.52. The van der Waals surface area contributed by atoms with E-state index in [1.807, 2.05) is 0 Å². The highest BCUT2D eigenvalue weighted by Gasteiger charge is 2.16. The molecule has 0 spiro atoms. The van der Waals surface area contributed by atoms with Crippen LogP contribution in [0.2, 0.25) is 0 Å². The molecule has 0 unspecified atom stereocenters. The number of hydrogen-bond acceptors (Lipinski definition) is 2. The Bertz CT molecular complexity index is 61.5. The van der Waals surface area contributed by atoms with Gasteiger partial charge in [-0.25, -0.2) is 0 Å². The van der Waals surface area contributed by atoms with Crippen LogP contribution in [0.3, 0.4) is 0 Å². The summed E-state index contributed by atoms with van der Waals surface area (Å²) in [7, 11) is 0. The zero-order valence-corrected chi connectivity index (χ0v) is 5.10. The summed E-state index contributed by atoms with van der Waals surface area (Å²) in [5, 5.41) is 0. The van der Waals surface area contributed by atoms with Crippen LogP contribution >= 0.6 is 0 Å². The molecule has 1 saturated heterocycles. The first-order valence-corrected chi connectivity index (χ1v) is 3.21. The Morgan fingerprint density at radius 2 is 2.25 bits per heavy atom. The molecule has 0 amide bonds. The Morgan fingerprint density at radius 3 is 2.62 bits per heavy atom. The van der Waals surface area contributed by atoms with Crippen molar-refractivity contribution in [3.63, 3.8) is 0 Å². The summed E-state index contributed by atoms with van der Waals surface area (Å²) in [5.74, 6) is 0.832. The van der Waals surface area contributed by atoms with Crippen molar-refractivity contribution in [2.75, 3.05) is 19.8 Å². The Morgan fingerprint density at radius 1 is 1.50 bits per heavy atom. The fourth-order valence-corrected chi connectivity index (χ4v) is 0.858. The van der Waals surface area contributed by atoms with E-state index in [0.29, 0.717) is 0 Å². The van der Waals surface area contributed by atoms with E-state index in [-0.39, 0.29) is 0 Å². The van der Waals surface area contributed by atoms with E-state index in [1.165, 1.54) is 6.42 Å². The highest BCUT2D eigenvalue weighted by molar-refractivity contribution is 4.64. The highest BCUT2D eigenvalue weighted by Crippen LogP contribution is 2.14. The Balaban J connectivity index is 1.86. The average molecular weight is 115 g/mol. The van der Waals surface area contributed by atoms with Gasteiger partial charge in [0.1, 0.15) is 0 Å². The zero-order chi connectivity index (χ0) is 5.82. The van der Waals surface area contributed by atoms with Crippen LogP contribution in [0.4, 0.5) is 0 Å². The Labute approximate surface area is 50.0 Å². The fourth-order valence-electron chi connectivity index (χ4n) is 0.858. The number of nitrogens with two attached hydrogens (primary N) is 1. The van der Waals surface area contributed by atoms with Gasteiger partial charge in [0, 0.05) is 5.92 Å². The van der Waals surface area contributed by atoms with E-state index in [4.69, 9.17) is 10.5 Å². The summed E-state index contributed by atoms with van der Waals surface area (Å²) >= 11 is 0. The number of ether oxygens (including phenoxy) is 1. The molecular weight excluding hydrogens is 102 g/mol. The van der Waals surface area contributed by atoms with Crippen molar-refractivity contribution in [1.82, 2.24) is 0 Å². The van der Waals surface area contributed by atoms with Gasteiger partial charge < -0.3 is 10.5 Å². The van der Waals surface area contributed by atoms with E-state index >= 15 is 0 Å². The molecule has 48 valence electrons. The van der Waals surface area contributed by atoms with Crippen LogP contribution in [-0.4, -0.2) is 19.8 Å². The summed E-state index contributed by atoms with van der Waals surface area (Å²) in [6, 6.07) is 0. The van der Waals surface area contributed by atoms with Crippen LogP contribution in [-0.2, 0) is 4.74 Å². The molecule has 0 bridgehead atoms. The molecule has 0 aromatic rings. The topological polar surface area (TPSA) is 35.2 Å². The second-order valence-corrected chi connectivity index (χ2v) is 2.33. The van der Waals surface area contributed by atoms with E-state index in [0.717, 1.165) is 32.1 Å². The van der Waals surface area contributed by atoms with Gasteiger partial charge in [0.15, 0.2) is 0 Å². The summed E-state index contributed by atoms with van der Waals surface area (Å²) in [6.45, 7) is 2.77. The number of rotatable bonds is 3. The lowest BCUT2D eigenvalue weighted by Crippen LogP contribution is -2.27. The fraction of sp³-hybridized carbons (Fsp3) is 1.00. The first kappa shape index (κ1) is 6.05.